The molecular weight excluding hydrogens is 364 g/mol. The van der Waals surface area contributed by atoms with E-state index < -0.39 is 6.10 Å². The van der Waals surface area contributed by atoms with Crippen LogP contribution in [-0.2, 0) is 14.9 Å². The Hall–Kier alpha value is -1.59. The van der Waals surface area contributed by atoms with E-state index in [1.807, 2.05) is 19.1 Å². The maximum atomic E-state index is 12.8. The van der Waals surface area contributed by atoms with E-state index >= 15 is 0 Å². The van der Waals surface area contributed by atoms with Crippen molar-refractivity contribution in [3.05, 3.63) is 29.8 Å². The maximum absolute atomic E-state index is 12.8. The fourth-order valence-corrected chi connectivity index (χ4v) is 4.54. The second-order valence-corrected chi connectivity index (χ2v) is 9.64. The van der Waals surface area contributed by atoms with Gasteiger partial charge in [-0.15, -0.1) is 0 Å². The van der Waals surface area contributed by atoms with Gasteiger partial charge >= 0.3 is 0 Å². The van der Waals surface area contributed by atoms with Crippen molar-refractivity contribution in [3.8, 4) is 5.75 Å². The van der Waals surface area contributed by atoms with Crippen molar-refractivity contribution in [1.82, 2.24) is 10.2 Å². The molecule has 1 heterocycles. The lowest BCUT2D eigenvalue weighted by Crippen LogP contribution is -2.60. The second-order valence-electron chi connectivity index (χ2n) is 9.64. The Morgan fingerprint density at radius 3 is 2.34 bits per heavy atom. The Morgan fingerprint density at radius 1 is 1.14 bits per heavy atom. The SMILES string of the molecule is C[C@H](Oc1ccc(C(C)(C)C)cc1)C(=O)NCC1(N2CCOCC2)CCCCC1. The first kappa shape index (κ1) is 22.1. The van der Waals surface area contributed by atoms with Crippen LogP contribution >= 0.6 is 0 Å². The average molecular weight is 403 g/mol. The normalized spacial score (nSPS) is 21.4. The van der Waals surface area contributed by atoms with Crippen molar-refractivity contribution in [3.63, 3.8) is 0 Å². The van der Waals surface area contributed by atoms with Gasteiger partial charge in [0.2, 0.25) is 0 Å². The van der Waals surface area contributed by atoms with Crippen LogP contribution in [0.5, 0.6) is 5.75 Å². The standard InChI is InChI=1S/C24H38N2O3/c1-19(29-21-10-8-20(9-11-21)23(2,3)4)22(27)25-18-24(12-6-5-7-13-24)26-14-16-28-17-15-26/h8-11,19H,5-7,12-18H2,1-4H3,(H,25,27)/t19-/m0/s1. The van der Waals surface area contributed by atoms with Gasteiger partial charge in [0.15, 0.2) is 6.10 Å². The number of hydrogen-bond acceptors (Lipinski definition) is 4. The molecule has 0 spiro atoms. The van der Waals surface area contributed by atoms with Gasteiger partial charge in [0.05, 0.1) is 13.2 Å². The molecule has 2 fully saturated rings. The molecule has 1 aromatic carbocycles. The third-order valence-electron chi connectivity index (χ3n) is 6.46. The summed E-state index contributed by atoms with van der Waals surface area (Å²) in [5, 5.41) is 3.20. The summed E-state index contributed by atoms with van der Waals surface area (Å²) in [4.78, 5) is 15.3. The van der Waals surface area contributed by atoms with Crippen molar-refractivity contribution in [2.75, 3.05) is 32.8 Å². The van der Waals surface area contributed by atoms with E-state index in [1.54, 1.807) is 0 Å². The predicted molar refractivity (Wildman–Crippen MR) is 116 cm³/mol. The summed E-state index contributed by atoms with van der Waals surface area (Å²) >= 11 is 0. The van der Waals surface area contributed by atoms with Gasteiger partial charge in [-0.1, -0.05) is 52.2 Å². The van der Waals surface area contributed by atoms with E-state index in [0.717, 1.165) is 44.9 Å². The van der Waals surface area contributed by atoms with Crippen LogP contribution in [0.1, 0.15) is 65.4 Å². The zero-order valence-electron chi connectivity index (χ0n) is 18.6. The van der Waals surface area contributed by atoms with E-state index in [9.17, 15) is 4.79 Å². The van der Waals surface area contributed by atoms with Gasteiger partial charge in [-0.05, 0) is 42.9 Å². The average Bonchev–Trinajstić information content (AvgIpc) is 2.73. The number of benzene rings is 1. The zero-order chi connectivity index (χ0) is 20.9. The smallest absolute Gasteiger partial charge is 0.260 e. The van der Waals surface area contributed by atoms with Crippen LogP contribution in [0.4, 0.5) is 0 Å². The lowest BCUT2D eigenvalue weighted by atomic mass is 9.79. The van der Waals surface area contributed by atoms with E-state index in [0.29, 0.717) is 6.54 Å². The Labute approximate surface area is 176 Å². The number of amides is 1. The van der Waals surface area contributed by atoms with Crippen molar-refractivity contribution in [2.24, 2.45) is 0 Å². The molecule has 162 valence electrons. The maximum Gasteiger partial charge on any atom is 0.260 e. The summed E-state index contributed by atoms with van der Waals surface area (Å²) in [6.07, 6.45) is 5.55. The number of carbonyl (C=O) groups is 1. The Bertz CT molecular complexity index is 654. The molecule has 1 saturated heterocycles. The van der Waals surface area contributed by atoms with Crippen LogP contribution in [0.15, 0.2) is 24.3 Å². The number of morpholine rings is 1. The highest BCUT2D eigenvalue weighted by molar-refractivity contribution is 5.80. The lowest BCUT2D eigenvalue weighted by Gasteiger charge is -2.48. The van der Waals surface area contributed by atoms with Crippen molar-refractivity contribution >= 4 is 5.91 Å². The van der Waals surface area contributed by atoms with E-state index in [-0.39, 0.29) is 16.9 Å². The van der Waals surface area contributed by atoms with Gasteiger partial charge in [0, 0.05) is 25.2 Å². The van der Waals surface area contributed by atoms with Crippen LogP contribution in [0.3, 0.4) is 0 Å². The Morgan fingerprint density at radius 2 is 1.76 bits per heavy atom. The first-order valence-electron chi connectivity index (χ1n) is 11.2. The molecule has 1 N–H and O–H groups in total. The second kappa shape index (κ2) is 9.48. The molecule has 5 nitrogen and oxygen atoms in total. The van der Waals surface area contributed by atoms with E-state index in [4.69, 9.17) is 9.47 Å². The summed E-state index contributed by atoms with van der Waals surface area (Å²) < 4.78 is 11.5. The Balaban J connectivity index is 1.56. The summed E-state index contributed by atoms with van der Waals surface area (Å²) in [6, 6.07) is 8.08. The lowest BCUT2D eigenvalue weighted by molar-refractivity contribution is -0.128. The largest absolute Gasteiger partial charge is 0.481 e. The first-order valence-corrected chi connectivity index (χ1v) is 11.2. The van der Waals surface area contributed by atoms with E-state index in [2.05, 4.69) is 43.1 Å². The minimum atomic E-state index is -0.513. The van der Waals surface area contributed by atoms with Crippen LogP contribution < -0.4 is 10.1 Å². The van der Waals surface area contributed by atoms with Crippen LogP contribution in [0, 0.1) is 0 Å². The summed E-state index contributed by atoms with van der Waals surface area (Å²) in [7, 11) is 0. The summed E-state index contributed by atoms with van der Waals surface area (Å²) in [6.45, 7) is 12.6. The number of rotatable bonds is 6. The first-order chi connectivity index (χ1) is 13.8. The highest BCUT2D eigenvalue weighted by Crippen LogP contribution is 2.34. The number of ether oxygens (including phenoxy) is 2. The molecule has 1 aliphatic carbocycles. The molecule has 1 saturated carbocycles. The molecular formula is C24H38N2O3. The highest BCUT2D eigenvalue weighted by atomic mass is 16.5. The number of carbonyl (C=O) groups excluding carboxylic acids is 1. The topological polar surface area (TPSA) is 50.8 Å². The minimum Gasteiger partial charge on any atom is -0.481 e. The van der Waals surface area contributed by atoms with Crippen LogP contribution in [0.25, 0.3) is 0 Å². The molecule has 0 unspecified atom stereocenters. The van der Waals surface area contributed by atoms with Crippen molar-refractivity contribution in [2.45, 2.75) is 76.9 Å². The van der Waals surface area contributed by atoms with Crippen LogP contribution in [0.2, 0.25) is 0 Å². The fourth-order valence-electron chi connectivity index (χ4n) is 4.54. The third kappa shape index (κ3) is 5.73. The number of nitrogens with one attached hydrogen (secondary N) is 1. The van der Waals surface area contributed by atoms with Gasteiger partial charge in [0.25, 0.3) is 5.91 Å². The summed E-state index contributed by atoms with van der Waals surface area (Å²) in [5.74, 6) is 0.698. The zero-order valence-corrected chi connectivity index (χ0v) is 18.6. The molecule has 29 heavy (non-hydrogen) atoms. The van der Waals surface area contributed by atoms with Gasteiger partial charge < -0.3 is 14.8 Å². The monoisotopic (exact) mass is 402 g/mol. The van der Waals surface area contributed by atoms with Crippen molar-refractivity contribution < 1.29 is 14.3 Å². The molecule has 1 amide bonds. The van der Waals surface area contributed by atoms with Crippen molar-refractivity contribution in [1.29, 1.82) is 0 Å². The minimum absolute atomic E-state index is 0.0388. The molecule has 0 bridgehead atoms. The quantitative estimate of drug-likeness (QED) is 0.784. The molecule has 5 heteroatoms. The molecule has 0 aromatic heterocycles. The molecule has 0 radical (unpaired) electrons. The summed E-state index contributed by atoms with van der Waals surface area (Å²) in [5.41, 5.74) is 1.44. The molecule has 1 aliphatic heterocycles. The Kier molecular flexibility index (Phi) is 7.23. The fraction of sp³-hybridized carbons (Fsp3) is 0.708. The van der Waals surface area contributed by atoms with Crippen LogP contribution in [-0.4, -0.2) is 55.3 Å². The molecule has 1 aromatic rings. The van der Waals surface area contributed by atoms with Gasteiger partial charge in [-0.2, -0.15) is 0 Å². The molecule has 3 rings (SSSR count). The van der Waals surface area contributed by atoms with Gasteiger partial charge in [0.1, 0.15) is 5.75 Å². The highest BCUT2D eigenvalue weighted by Gasteiger charge is 2.39. The third-order valence-corrected chi connectivity index (χ3v) is 6.46. The molecule has 2 aliphatic rings. The number of nitrogens with zero attached hydrogens (tertiary/aromatic N) is 1. The molecule has 1 atom stereocenters. The van der Waals surface area contributed by atoms with Gasteiger partial charge in [-0.3, -0.25) is 9.69 Å². The van der Waals surface area contributed by atoms with Gasteiger partial charge in [-0.25, -0.2) is 0 Å². The predicted octanol–water partition coefficient (Wildman–Crippen LogP) is 3.90. The number of hydrogen-bond donors (Lipinski definition) is 1. The van der Waals surface area contributed by atoms with E-state index in [1.165, 1.54) is 24.8 Å².